The van der Waals surface area contributed by atoms with E-state index in [4.69, 9.17) is 5.73 Å². The van der Waals surface area contributed by atoms with Crippen LogP contribution in [-0.2, 0) is 11.2 Å². The van der Waals surface area contributed by atoms with Crippen LogP contribution in [0.25, 0.3) is 0 Å². The molecule has 0 saturated heterocycles. The molecule has 2 atom stereocenters. The van der Waals surface area contributed by atoms with Crippen molar-refractivity contribution in [1.82, 2.24) is 5.32 Å². The molecule has 1 unspecified atom stereocenters. The Kier molecular flexibility index (Phi) is 5.35. The van der Waals surface area contributed by atoms with Gasteiger partial charge in [0, 0.05) is 6.04 Å². The first-order chi connectivity index (χ1) is 8.78. The number of carbonyl (C=O) groups is 1. The van der Waals surface area contributed by atoms with E-state index in [1.807, 2.05) is 30.3 Å². The van der Waals surface area contributed by atoms with Crippen LogP contribution >= 0.6 is 0 Å². The van der Waals surface area contributed by atoms with Crippen LogP contribution in [0.4, 0.5) is 13.2 Å². The fourth-order valence-electron chi connectivity index (χ4n) is 1.71. The fraction of sp³-hybridized carbons (Fsp3) is 0.462. The van der Waals surface area contributed by atoms with Crippen molar-refractivity contribution < 1.29 is 18.0 Å². The first-order valence-corrected chi connectivity index (χ1v) is 5.94. The Morgan fingerprint density at radius 2 is 1.89 bits per heavy atom. The lowest BCUT2D eigenvalue weighted by atomic mass is 10.1. The zero-order valence-electron chi connectivity index (χ0n) is 10.6. The first kappa shape index (κ1) is 15.5. The molecule has 1 aromatic carbocycles. The summed E-state index contributed by atoms with van der Waals surface area (Å²) in [5.41, 5.74) is 6.54. The van der Waals surface area contributed by atoms with E-state index in [1.54, 1.807) is 0 Å². The number of nitrogens with one attached hydrogen (secondary N) is 1. The third kappa shape index (κ3) is 6.24. The fourth-order valence-corrected chi connectivity index (χ4v) is 1.71. The maximum absolute atomic E-state index is 12.1. The van der Waals surface area contributed by atoms with Crippen molar-refractivity contribution in [2.45, 2.75) is 38.0 Å². The highest BCUT2D eigenvalue weighted by atomic mass is 19.4. The van der Waals surface area contributed by atoms with Crippen LogP contribution in [0.1, 0.15) is 18.9 Å². The summed E-state index contributed by atoms with van der Waals surface area (Å²) in [4.78, 5) is 11.6. The summed E-state index contributed by atoms with van der Waals surface area (Å²) in [6.45, 7) is 1.31. The molecule has 0 fully saturated rings. The lowest BCUT2D eigenvalue weighted by Crippen LogP contribution is -2.46. The van der Waals surface area contributed by atoms with E-state index in [0.29, 0.717) is 6.42 Å². The Morgan fingerprint density at radius 3 is 2.42 bits per heavy atom. The predicted octanol–water partition coefficient (Wildman–Crippen LogP) is 2.01. The Hall–Kier alpha value is -1.56. The van der Waals surface area contributed by atoms with Gasteiger partial charge in [-0.3, -0.25) is 4.79 Å². The van der Waals surface area contributed by atoms with Gasteiger partial charge in [-0.15, -0.1) is 0 Å². The quantitative estimate of drug-likeness (QED) is 0.863. The van der Waals surface area contributed by atoms with E-state index >= 15 is 0 Å². The summed E-state index contributed by atoms with van der Waals surface area (Å²) in [6, 6.07) is 7.25. The van der Waals surface area contributed by atoms with E-state index < -0.39 is 30.6 Å². The van der Waals surface area contributed by atoms with Crippen LogP contribution in [0, 0.1) is 0 Å². The lowest BCUT2D eigenvalue weighted by Gasteiger charge is -2.18. The van der Waals surface area contributed by atoms with E-state index in [1.165, 1.54) is 6.92 Å². The molecular weight excluding hydrogens is 257 g/mol. The number of nitrogens with two attached hydrogens (primary N) is 1. The second-order valence-electron chi connectivity index (χ2n) is 4.53. The third-order valence-corrected chi connectivity index (χ3v) is 2.56. The van der Waals surface area contributed by atoms with Gasteiger partial charge in [-0.25, -0.2) is 0 Å². The Balaban J connectivity index is 2.45. The summed E-state index contributed by atoms with van der Waals surface area (Å²) in [7, 11) is 0. The highest BCUT2D eigenvalue weighted by Crippen LogP contribution is 2.21. The molecule has 0 aliphatic carbocycles. The van der Waals surface area contributed by atoms with Crippen LogP contribution in [0.15, 0.2) is 30.3 Å². The van der Waals surface area contributed by atoms with Gasteiger partial charge in [0.2, 0.25) is 5.91 Å². The van der Waals surface area contributed by atoms with Crippen LogP contribution in [-0.4, -0.2) is 24.2 Å². The standard InChI is InChI=1S/C13H17F3N2O/c1-9(8-13(14,15)16)18-12(19)11(17)7-10-5-3-2-4-6-10/h2-6,9,11H,7-8,17H2,1H3,(H,18,19)/t9?,11-/m1/s1. The van der Waals surface area contributed by atoms with E-state index in [9.17, 15) is 18.0 Å². The number of amides is 1. The molecular formula is C13H17F3N2O. The summed E-state index contributed by atoms with van der Waals surface area (Å²) in [6.07, 6.45) is -5.06. The number of halogens is 3. The minimum absolute atomic E-state index is 0.297. The van der Waals surface area contributed by atoms with Gasteiger partial charge in [0.25, 0.3) is 0 Å². The van der Waals surface area contributed by atoms with Crippen molar-refractivity contribution in [2.24, 2.45) is 5.73 Å². The summed E-state index contributed by atoms with van der Waals surface area (Å²) in [5.74, 6) is -0.569. The summed E-state index contributed by atoms with van der Waals surface area (Å²) >= 11 is 0. The van der Waals surface area contributed by atoms with Crippen LogP contribution in [0.5, 0.6) is 0 Å². The Labute approximate surface area is 110 Å². The van der Waals surface area contributed by atoms with Gasteiger partial charge in [0.05, 0.1) is 12.5 Å². The van der Waals surface area contributed by atoms with Crippen molar-refractivity contribution >= 4 is 5.91 Å². The molecule has 0 spiro atoms. The molecule has 19 heavy (non-hydrogen) atoms. The molecule has 106 valence electrons. The molecule has 1 rings (SSSR count). The molecule has 0 aliphatic heterocycles. The molecule has 0 heterocycles. The molecule has 3 nitrogen and oxygen atoms in total. The van der Waals surface area contributed by atoms with Crippen molar-refractivity contribution in [1.29, 1.82) is 0 Å². The molecule has 6 heteroatoms. The highest BCUT2D eigenvalue weighted by molar-refractivity contribution is 5.82. The lowest BCUT2D eigenvalue weighted by molar-refractivity contribution is -0.141. The minimum atomic E-state index is -4.30. The second-order valence-corrected chi connectivity index (χ2v) is 4.53. The van der Waals surface area contributed by atoms with Gasteiger partial charge in [-0.05, 0) is 18.9 Å². The number of alkyl halides is 3. The minimum Gasteiger partial charge on any atom is -0.352 e. The predicted molar refractivity (Wildman–Crippen MR) is 66.4 cm³/mol. The maximum atomic E-state index is 12.1. The maximum Gasteiger partial charge on any atom is 0.391 e. The topological polar surface area (TPSA) is 55.1 Å². The monoisotopic (exact) mass is 274 g/mol. The molecule has 0 saturated carbocycles. The summed E-state index contributed by atoms with van der Waals surface area (Å²) in [5, 5.41) is 2.27. The number of hydrogen-bond acceptors (Lipinski definition) is 2. The normalized spacial score (nSPS) is 14.8. The number of benzene rings is 1. The largest absolute Gasteiger partial charge is 0.391 e. The van der Waals surface area contributed by atoms with Crippen LogP contribution < -0.4 is 11.1 Å². The molecule has 0 aromatic heterocycles. The van der Waals surface area contributed by atoms with E-state index in [2.05, 4.69) is 5.32 Å². The van der Waals surface area contributed by atoms with Crippen molar-refractivity contribution in [2.75, 3.05) is 0 Å². The number of hydrogen-bond donors (Lipinski definition) is 2. The van der Waals surface area contributed by atoms with Gasteiger partial charge >= 0.3 is 6.18 Å². The first-order valence-electron chi connectivity index (χ1n) is 5.94. The van der Waals surface area contributed by atoms with Crippen molar-refractivity contribution in [3.05, 3.63) is 35.9 Å². The smallest absolute Gasteiger partial charge is 0.352 e. The summed E-state index contributed by atoms with van der Waals surface area (Å²) < 4.78 is 36.4. The van der Waals surface area contributed by atoms with Crippen LogP contribution in [0.3, 0.4) is 0 Å². The molecule has 0 bridgehead atoms. The van der Waals surface area contributed by atoms with Gasteiger partial charge in [-0.1, -0.05) is 30.3 Å². The Morgan fingerprint density at radius 1 is 1.32 bits per heavy atom. The van der Waals surface area contributed by atoms with Crippen LogP contribution in [0.2, 0.25) is 0 Å². The molecule has 0 aliphatic rings. The van der Waals surface area contributed by atoms with Gasteiger partial charge in [-0.2, -0.15) is 13.2 Å². The van der Waals surface area contributed by atoms with Crippen molar-refractivity contribution in [3.63, 3.8) is 0 Å². The zero-order valence-corrected chi connectivity index (χ0v) is 10.6. The average molecular weight is 274 g/mol. The van der Waals surface area contributed by atoms with Gasteiger partial charge in [0.1, 0.15) is 0 Å². The number of carbonyl (C=O) groups excluding carboxylic acids is 1. The molecule has 1 amide bonds. The SMILES string of the molecule is CC(CC(F)(F)F)NC(=O)[C@H](N)Cc1ccccc1. The van der Waals surface area contributed by atoms with Crippen molar-refractivity contribution in [3.8, 4) is 0 Å². The van der Waals surface area contributed by atoms with E-state index in [-0.39, 0.29) is 0 Å². The number of rotatable bonds is 5. The average Bonchev–Trinajstić information content (AvgIpc) is 2.27. The molecule has 3 N–H and O–H groups in total. The third-order valence-electron chi connectivity index (χ3n) is 2.56. The highest BCUT2D eigenvalue weighted by Gasteiger charge is 2.31. The van der Waals surface area contributed by atoms with E-state index in [0.717, 1.165) is 5.56 Å². The second kappa shape index (κ2) is 6.56. The van der Waals surface area contributed by atoms with Gasteiger partial charge < -0.3 is 11.1 Å². The molecule has 1 aromatic rings. The zero-order chi connectivity index (χ0) is 14.5. The molecule has 0 radical (unpaired) electrons. The Bertz CT molecular complexity index is 406. The van der Waals surface area contributed by atoms with Gasteiger partial charge in [0.15, 0.2) is 0 Å².